The molecule has 0 saturated carbocycles. The molecule has 0 aliphatic rings. The summed E-state index contributed by atoms with van der Waals surface area (Å²) in [5, 5.41) is 4.89. The van der Waals surface area contributed by atoms with E-state index in [2.05, 4.69) is 26.0 Å². The van der Waals surface area contributed by atoms with Crippen LogP contribution in [0.2, 0.25) is 0 Å². The minimum Gasteiger partial charge on any atom is -0.469 e. The molecule has 0 fully saturated rings. The molecule has 21 heavy (non-hydrogen) atoms. The van der Waals surface area contributed by atoms with Crippen LogP contribution in [-0.4, -0.2) is 25.5 Å². The number of carbonyl (C=O) groups is 2. The Morgan fingerprint density at radius 3 is 2.62 bits per heavy atom. The Morgan fingerprint density at radius 1 is 1.14 bits per heavy atom. The number of amides is 1. The first kappa shape index (κ1) is 15.5. The number of hydrogen-bond donors (Lipinski definition) is 1. The summed E-state index contributed by atoms with van der Waals surface area (Å²) in [5.41, 5.74) is 0.614. The predicted octanol–water partition coefficient (Wildman–Crippen LogP) is 3.29. The number of fused-ring (bicyclic) bond motifs is 1. The summed E-state index contributed by atoms with van der Waals surface area (Å²) in [4.78, 5) is 23.0. The van der Waals surface area contributed by atoms with Gasteiger partial charge in [-0.05, 0) is 41.5 Å². The van der Waals surface area contributed by atoms with Gasteiger partial charge in [0.2, 0.25) is 0 Å². The third-order valence-electron chi connectivity index (χ3n) is 3.14. The van der Waals surface area contributed by atoms with E-state index in [1.165, 1.54) is 7.11 Å². The van der Waals surface area contributed by atoms with Crippen molar-refractivity contribution in [3.05, 3.63) is 46.4 Å². The highest BCUT2D eigenvalue weighted by Crippen LogP contribution is 2.20. The molecule has 110 valence electrons. The lowest BCUT2D eigenvalue weighted by Gasteiger charge is -2.06. The molecule has 0 aromatic heterocycles. The molecule has 2 aromatic rings. The van der Waals surface area contributed by atoms with E-state index in [9.17, 15) is 9.59 Å². The fraction of sp³-hybridized carbons (Fsp3) is 0.250. The normalized spacial score (nSPS) is 10.4. The lowest BCUT2D eigenvalue weighted by Crippen LogP contribution is -2.24. The zero-order chi connectivity index (χ0) is 15.2. The van der Waals surface area contributed by atoms with Crippen LogP contribution < -0.4 is 5.32 Å². The van der Waals surface area contributed by atoms with Crippen LogP contribution in [0.15, 0.2) is 40.9 Å². The van der Waals surface area contributed by atoms with E-state index in [1.807, 2.05) is 30.3 Å². The monoisotopic (exact) mass is 349 g/mol. The summed E-state index contributed by atoms with van der Waals surface area (Å²) in [5.74, 6) is -0.398. The lowest BCUT2D eigenvalue weighted by molar-refractivity contribution is -0.140. The first-order chi connectivity index (χ1) is 10.1. The fourth-order valence-corrected chi connectivity index (χ4v) is 2.38. The molecule has 5 heteroatoms. The van der Waals surface area contributed by atoms with E-state index in [4.69, 9.17) is 0 Å². The molecular weight excluding hydrogens is 334 g/mol. The molecule has 0 bridgehead atoms. The number of nitrogens with one attached hydrogen (secondary N) is 1. The van der Waals surface area contributed by atoms with Crippen molar-refractivity contribution in [2.24, 2.45) is 0 Å². The summed E-state index contributed by atoms with van der Waals surface area (Å²) in [6, 6.07) is 11.5. The van der Waals surface area contributed by atoms with Crippen molar-refractivity contribution in [1.29, 1.82) is 0 Å². The number of hydrogen-bond acceptors (Lipinski definition) is 3. The Kier molecular flexibility index (Phi) is 5.33. The van der Waals surface area contributed by atoms with E-state index >= 15 is 0 Å². The molecule has 2 aromatic carbocycles. The Hall–Kier alpha value is -1.88. The third kappa shape index (κ3) is 4.29. The molecule has 0 unspecified atom stereocenters. The van der Waals surface area contributed by atoms with Gasteiger partial charge in [-0.25, -0.2) is 0 Å². The van der Waals surface area contributed by atoms with E-state index in [-0.39, 0.29) is 11.9 Å². The van der Waals surface area contributed by atoms with Crippen LogP contribution >= 0.6 is 15.9 Å². The highest BCUT2D eigenvalue weighted by Gasteiger charge is 2.07. The highest BCUT2D eigenvalue weighted by atomic mass is 79.9. The van der Waals surface area contributed by atoms with Gasteiger partial charge >= 0.3 is 5.97 Å². The number of halogens is 1. The molecule has 0 radical (unpaired) electrons. The van der Waals surface area contributed by atoms with Crippen molar-refractivity contribution in [1.82, 2.24) is 5.32 Å². The topological polar surface area (TPSA) is 55.4 Å². The zero-order valence-corrected chi connectivity index (χ0v) is 13.3. The van der Waals surface area contributed by atoms with Gasteiger partial charge in [0.25, 0.3) is 5.91 Å². The Morgan fingerprint density at radius 2 is 1.86 bits per heavy atom. The van der Waals surface area contributed by atoms with Crippen molar-refractivity contribution in [2.75, 3.05) is 13.7 Å². The van der Waals surface area contributed by atoms with Gasteiger partial charge in [0.1, 0.15) is 0 Å². The zero-order valence-electron chi connectivity index (χ0n) is 11.7. The van der Waals surface area contributed by atoms with Crippen molar-refractivity contribution in [2.45, 2.75) is 12.8 Å². The average molecular weight is 350 g/mol. The molecule has 0 saturated heterocycles. The van der Waals surface area contributed by atoms with Gasteiger partial charge in [-0.2, -0.15) is 0 Å². The molecular formula is C16H16BrNO3. The molecule has 1 amide bonds. The summed E-state index contributed by atoms with van der Waals surface area (Å²) < 4.78 is 5.55. The van der Waals surface area contributed by atoms with Gasteiger partial charge in [0.05, 0.1) is 7.11 Å². The number of benzene rings is 2. The Labute approximate surface area is 131 Å². The smallest absolute Gasteiger partial charge is 0.305 e. The van der Waals surface area contributed by atoms with Gasteiger partial charge in [0.15, 0.2) is 0 Å². The van der Waals surface area contributed by atoms with E-state index in [0.717, 1.165) is 15.2 Å². The number of carbonyl (C=O) groups excluding carboxylic acids is 2. The van der Waals surface area contributed by atoms with E-state index < -0.39 is 0 Å². The predicted molar refractivity (Wildman–Crippen MR) is 85.2 cm³/mol. The highest BCUT2D eigenvalue weighted by molar-refractivity contribution is 9.10. The van der Waals surface area contributed by atoms with Gasteiger partial charge in [0, 0.05) is 23.0 Å². The number of ether oxygens (including phenoxy) is 1. The standard InChI is InChI=1S/C16H16BrNO3/c1-21-15(19)3-2-8-18-16(20)13-5-4-12-10-14(17)7-6-11(12)9-13/h4-7,9-10H,2-3,8H2,1H3,(H,18,20). The summed E-state index contributed by atoms with van der Waals surface area (Å²) in [7, 11) is 1.36. The third-order valence-corrected chi connectivity index (χ3v) is 3.63. The first-order valence-corrected chi connectivity index (χ1v) is 7.44. The number of rotatable bonds is 5. The number of esters is 1. The maximum Gasteiger partial charge on any atom is 0.305 e. The molecule has 4 nitrogen and oxygen atoms in total. The largest absolute Gasteiger partial charge is 0.469 e. The van der Waals surface area contributed by atoms with Crippen molar-refractivity contribution >= 4 is 38.6 Å². The number of methoxy groups -OCH3 is 1. The summed E-state index contributed by atoms with van der Waals surface area (Å²) in [6.07, 6.45) is 0.876. The van der Waals surface area contributed by atoms with Crippen molar-refractivity contribution in [3.63, 3.8) is 0 Å². The molecule has 0 aliphatic heterocycles. The minimum atomic E-state index is -0.263. The van der Waals surface area contributed by atoms with Crippen LogP contribution in [0.5, 0.6) is 0 Å². The summed E-state index contributed by atoms with van der Waals surface area (Å²) >= 11 is 3.42. The lowest BCUT2D eigenvalue weighted by atomic mass is 10.1. The minimum absolute atomic E-state index is 0.135. The molecule has 0 aliphatic carbocycles. The molecule has 0 atom stereocenters. The maximum absolute atomic E-state index is 12.0. The molecule has 0 spiro atoms. The summed E-state index contributed by atoms with van der Waals surface area (Å²) in [6.45, 7) is 0.451. The quantitative estimate of drug-likeness (QED) is 0.665. The van der Waals surface area contributed by atoms with Gasteiger partial charge in [-0.3, -0.25) is 9.59 Å². The van der Waals surface area contributed by atoms with Crippen LogP contribution in [0.1, 0.15) is 23.2 Å². The fourth-order valence-electron chi connectivity index (χ4n) is 2.00. The molecule has 2 rings (SSSR count). The van der Waals surface area contributed by atoms with Crippen LogP contribution in [0, 0.1) is 0 Å². The molecule has 1 N–H and O–H groups in total. The van der Waals surface area contributed by atoms with Crippen LogP contribution in [-0.2, 0) is 9.53 Å². The van der Waals surface area contributed by atoms with Crippen molar-refractivity contribution < 1.29 is 14.3 Å². The average Bonchev–Trinajstić information content (AvgIpc) is 2.50. The van der Waals surface area contributed by atoms with Crippen molar-refractivity contribution in [3.8, 4) is 0 Å². The second kappa shape index (κ2) is 7.22. The second-order valence-electron chi connectivity index (χ2n) is 4.64. The first-order valence-electron chi connectivity index (χ1n) is 6.64. The van der Waals surface area contributed by atoms with Crippen LogP contribution in [0.25, 0.3) is 10.8 Å². The Balaban J connectivity index is 1.96. The second-order valence-corrected chi connectivity index (χ2v) is 5.56. The van der Waals surface area contributed by atoms with E-state index in [1.54, 1.807) is 6.07 Å². The molecule has 0 heterocycles. The van der Waals surface area contributed by atoms with Gasteiger partial charge < -0.3 is 10.1 Å². The van der Waals surface area contributed by atoms with E-state index in [0.29, 0.717) is 24.9 Å². The van der Waals surface area contributed by atoms with Gasteiger partial charge in [-0.15, -0.1) is 0 Å². The Bertz CT molecular complexity index is 670. The van der Waals surface area contributed by atoms with Gasteiger partial charge in [-0.1, -0.05) is 28.1 Å². The van der Waals surface area contributed by atoms with Crippen LogP contribution in [0.3, 0.4) is 0 Å². The SMILES string of the molecule is COC(=O)CCCNC(=O)c1ccc2cc(Br)ccc2c1. The maximum atomic E-state index is 12.0. The van der Waals surface area contributed by atoms with Crippen LogP contribution in [0.4, 0.5) is 0 Å².